The Balaban J connectivity index is 0.00000625. The normalized spacial score (nSPS) is 13.2. The molecule has 0 saturated heterocycles. The van der Waals surface area contributed by atoms with Crippen molar-refractivity contribution in [1.82, 2.24) is 14.9 Å². The zero-order valence-corrected chi connectivity index (χ0v) is 19.4. The van der Waals surface area contributed by atoms with Gasteiger partial charge in [0.2, 0.25) is 10.0 Å². The van der Waals surface area contributed by atoms with Crippen molar-refractivity contribution in [3.63, 3.8) is 0 Å². The molecule has 1 atom stereocenters. The Morgan fingerprint density at radius 1 is 1.27 bits per heavy atom. The standard InChI is InChI=1S/C18H32N4O2S.HI/c1-5-25(23,24)22(4)15-9-14-20-18(19-3)21-16(2)12-13-17-10-7-6-8-11-17;/h6-8,10-11,16H,5,9,12-15H2,1-4H3,(H2,19,20,21);1H. The second-order valence-electron chi connectivity index (χ2n) is 6.14. The van der Waals surface area contributed by atoms with E-state index in [2.05, 4.69) is 46.8 Å². The third kappa shape index (κ3) is 9.72. The highest BCUT2D eigenvalue weighted by Crippen LogP contribution is 2.04. The predicted octanol–water partition coefficient (Wildman–Crippen LogP) is 2.46. The van der Waals surface area contributed by atoms with Crippen LogP contribution < -0.4 is 10.6 Å². The maximum atomic E-state index is 11.7. The van der Waals surface area contributed by atoms with Crippen LogP contribution in [-0.4, -0.2) is 57.7 Å². The van der Waals surface area contributed by atoms with Gasteiger partial charge in [-0.1, -0.05) is 30.3 Å². The molecule has 26 heavy (non-hydrogen) atoms. The van der Waals surface area contributed by atoms with Gasteiger partial charge in [0.05, 0.1) is 5.75 Å². The lowest BCUT2D eigenvalue weighted by Gasteiger charge is -2.19. The highest BCUT2D eigenvalue weighted by molar-refractivity contribution is 14.0. The number of guanidine groups is 1. The van der Waals surface area contributed by atoms with Crippen molar-refractivity contribution < 1.29 is 8.42 Å². The average molecular weight is 496 g/mol. The van der Waals surface area contributed by atoms with E-state index in [1.54, 1.807) is 21.0 Å². The largest absolute Gasteiger partial charge is 0.356 e. The molecule has 6 nitrogen and oxygen atoms in total. The van der Waals surface area contributed by atoms with Crippen molar-refractivity contribution in [1.29, 1.82) is 0 Å². The highest BCUT2D eigenvalue weighted by Gasteiger charge is 2.14. The highest BCUT2D eigenvalue weighted by atomic mass is 127. The van der Waals surface area contributed by atoms with E-state index in [1.807, 2.05) is 6.07 Å². The van der Waals surface area contributed by atoms with Crippen molar-refractivity contribution >= 4 is 40.0 Å². The molecular weight excluding hydrogens is 463 g/mol. The summed E-state index contributed by atoms with van der Waals surface area (Å²) in [5.74, 6) is 0.889. The van der Waals surface area contributed by atoms with Crippen LogP contribution in [0.15, 0.2) is 35.3 Å². The van der Waals surface area contributed by atoms with Crippen LogP contribution in [-0.2, 0) is 16.4 Å². The molecule has 0 aliphatic rings. The first-order chi connectivity index (χ1) is 11.9. The summed E-state index contributed by atoms with van der Waals surface area (Å²) in [5, 5.41) is 6.61. The molecular formula is C18H33IN4O2S. The number of benzene rings is 1. The van der Waals surface area contributed by atoms with Crippen LogP contribution in [0.5, 0.6) is 0 Å². The number of hydrogen-bond donors (Lipinski definition) is 2. The first kappa shape index (κ1) is 25.1. The fraction of sp³-hybridized carbons (Fsp3) is 0.611. The monoisotopic (exact) mass is 496 g/mol. The van der Waals surface area contributed by atoms with Crippen LogP contribution in [0.2, 0.25) is 0 Å². The summed E-state index contributed by atoms with van der Waals surface area (Å²) >= 11 is 0. The Labute approximate surface area is 175 Å². The van der Waals surface area contributed by atoms with Gasteiger partial charge >= 0.3 is 0 Å². The van der Waals surface area contributed by atoms with Gasteiger partial charge in [-0.05, 0) is 38.7 Å². The lowest BCUT2D eigenvalue weighted by molar-refractivity contribution is 0.461. The molecule has 150 valence electrons. The Kier molecular flexibility index (Phi) is 12.9. The molecule has 1 aromatic carbocycles. The van der Waals surface area contributed by atoms with E-state index in [0.29, 0.717) is 19.1 Å². The van der Waals surface area contributed by atoms with Crippen molar-refractivity contribution in [2.75, 3.05) is 32.9 Å². The number of sulfonamides is 1. The van der Waals surface area contributed by atoms with Crippen LogP contribution >= 0.6 is 24.0 Å². The topological polar surface area (TPSA) is 73.8 Å². The molecule has 0 aliphatic heterocycles. The van der Waals surface area contributed by atoms with E-state index in [4.69, 9.17) is 0 Å². The summed E-state index contributed by atoms with van der Waals surface area (Å²) in [5.41, 5.74) is 1.33. The molecule has 0 amide bonds. The van der Waals surface area contributed by atoms with Crippen molar-refractivity contribution in [3.05, 3.63) is 35.9 Å². The number of nitrogens with one attached hydrogen (secondary N) is 2. The SMILES string of the molecule is CCS(=O)(=O)N(C)CCCNC(=NC)NC(C)CCc1ccccc1.I. The fourth-order valence-electron chi connectivity index (χ4n) is 2.40. The number of rotatable bonds is 10. The molecule has 1 aromatic rings. The molecule has 2 N–H and O–H groups in total. The van der Waals surface area contributed by atoms with Crippen molar-refractivity contribution in [3.8, 4) is 0 Å². The minimum atomic E-state index is -3.10. The smallest absolute Gasteiger partial charge is 0.213 e. The Bertz CT molecular complexity index is 623. The second-order valence-corrected chi connectivity index (χ2v) is 8.51. The molecule has 0 aromatic heterocycles. The summed E-state index contributed by atoms with van der Waals surface area (Å²) in [4.78, 5) is 4.23. The fourth-order valence-corrected chi connectivity index (χ4v) is 3.24. The number of halogens is 1. The van der Waals surface area contributed by atoms with E-state index < -0.39 is 10.0 Å². The molecule has 8 heteroatoms. The van der Waals surface area contributed by atoms with E-state index >= 15 is 0 Å². The van der Waals surface area contributed by atoms with Gasteiger partial charge in [-0.3, -0.25) is 4.99 Å². The number of aryl methyl sites for hydroxylation is 1. The first-order valence-corrected chi connectivity index (χ1v) is 10.4. The molecule has 0 fully saturated rings. The van der Waals surface area contributed by atoms with E-state index in [1.165, 1.54) is 9.87 Å². The van der Waals surface area contributed by atoms with Gasteiger partial charge in [-0.25, -0.2) is 12.7 Å². The van der Waals surface area contributed by atoms with Crippen molar-refractivity contribution in [2.24, 2.45) is 4.99 Å². The summed E-state index contributed by atoms with van der Waals surface area (Å²) in [7, 11) is 0.268. The summed E-state index contributed by atoms with van der Waals surface area (Å²) in [6, 6.07) is 10.7. The molecule has 0 heterocycles. The number of hydrogen-bond acceptors (Lipinski definition) is 3. The first-order valence-electron chi connectivity index (χ1n) is 8.84. The van der Waals surface area contributed by atoms with E-state index in [9.17, 15) is 8.42 Å². The third-order valence-electron chi connectivity index (χ3n) is 4.10. The van der Waals surface area contributed by atoms with E-state index in [0.717, 1.165) is 25.2 Å². The number of nitrogens with zero attached hydrogens (tertiary/aromatic N) is 2. The van der Waals surface area contributed by atoms with Gasteiger partial charge in [-0.15, -0.1) is 24.0 Å². The van der Waals surface area contributed by atoms with Crippen LogP contribution in [0.25, 0.3) is 0 Å². The average Bonchev–Trinajstić information content (AvgIpc) is 2.63. The minimum Gasteiger partial charge on any atom is -0.356 e. The van der Waals surface area contributed by atoms with Crippen LogP contribution in [0.3, 0.4) is 0 Å². The van der Waals surface area contributed by atoms with Gasteiger partial charge in [0.25, 0.3) is 0 Å². The maximum Gasteiger partial charge on any atom is 0.213 e. The third-order valence-corrected chi connectivity index (χ3v) is 5.96. The Morgan fingerprint density at radius 2 is 1.92 bits per heavy atom. The summed E-state index contributed by atoms with van der Waals surface area (Å²) in [6.07, 6.45) is 2.77. The van der Waals surface area contributed by atoms with Gasteiger partial charge in [-0.2, -0.15) is 0 Å². The zero-order valence-electron chi connectivity index (χ0n) is 16.2. The Hall–Kier alpha value is -0.870. The lowest BCUT2D eigenvalue weighted by Crippen LogP contribution is -2.43. The molecule has 0 spiro atoms. The Morgan fingerprint density at radius 3 is 2.50 bits per heavy atom. The summed E-state index contributed by atoms with van der Waals surface area (Å²) in [6.45, 7) is 4.97. The molecule has 1 rings (SSSR count). The molecule has 0 aliphatic carbocycles. The van der Waals surface area contributed by atoms with E-state index in [-0.39, 0.29) is 29.7 Å². The maximum absolute atomic E-state index is 11.7. The van der Waals surface area contributed by atoms with Crippen LogP contribution in [0.4, 0.5) is 0 Å². The van der Waals surface area contributed by atoms with Gasteiger partial charge in [0, 0.05) is 33.2 Å². The van der Waals surface area contributed by atoms with Crippen LogP contribution in [0, 0.1) is 0 Å². The minimum absolute atomic E-state index is 0. The molecule has 1 unspecified atom stereocenters. The van der Waals surface area contributed by atoms with Gasteiger partial charge in [0.15, 0.2) is 5.96 Å². The zero-order chi connectivity index (χ0) is 18.7. The lowest BCUT2D eigenvalue weighted by atomic mass is 10.1. The van der Waals surface area contributed by atoms with Crippen molar-refractivity contribution in [2.45, 2.75) is 39.2 Å². The second kappa shape index (κ2) is 13.3. The molecule has 0 bridgehead atoms. The molecule has 0 radical (unpaired) electrons. The number of aliphatic imine (C=N–C) groups is 1. The predicted molar refractivity (Wildman–Crippen MR) is 121 cm³/mol. The quantitative estimate of drug-likeness (QED) is 0.226. The summed E-state index contributed by atoms with van der Waals surface area (Å²) < 4.78 is 24.8. The van der Waals surface area contributed by atoms with Gasteiger partial charge < -0.3 is 10.6 Å². The van der Waals surface area contributed by atoms with Gasteiger partial charge in [0.1, 0.15) is 0 Å². The van der Waals surface area contributed by atoms with Crippen LogP contribution in [0.1, 0.15) is 32.3 Å². The molecule has 0 saturated carbocycles.